The van der Waals surface area contributed by atoms with E-state index in [0.29, 0.717) is 10.8 Å². The highest BCUT2D eigenvalue weighted by atomic mass is 35.5. The number of fused-ring (bicyclic) bond motifs is 3. The maximum absolute atomic E-state index is 12.3. The average molecular weight is 390 g/mol. The zero-order chi connectivity index (χ0) is 17.4. The van der Waals surface area contributed by atoms with Gasteiger partial charge in [0.2, 0.25) is 5.91 Å². The number of thiophene rings is 1. The molecule has 1 amide bonds. The molecule has 0 fully saturated rings. The van der Waals surface area contributed by atoms with Crippen molar-refractivity contribution in [2.75, 3.05) is 11.1 Å². The molecule has 0 radical (unpaired) electrons. The molecule has 1 N–H and O–H groups in total. The molecule has 0 aliphatic heterocycles. The van der Waals surface area contributed by atoms with Crippen molar-refractivity contribution in [2.45, 2.75) is 31.2 Å². The van der Waals surface area contributed by atoms with Crippen molar-refractivity contribution in [3.05, 3.63) is 45.6 Å². The molecule has 1 aromatic carbocycles. The van der Waals surface area contributed by atoms with Gasteiger partial charge in [-0.25, -0.2) is 9.97 Å². The molecule has 0 atom stereocenters. The minimum atomic E-state index is -0.0611. The lowest BCUT2D eigenvalue weighted by atomic mass is 10.2. The van der Waals surface area contributed by atoms with Gasteiger partial charge >= 0.3 is 0 Å². The number of rotatable bonds is 4. The number of aryl methyl sites for hydroxylation is 2. The van der Waals surface area contributed by atoms with Crippen LogP contribution in [0.15, 0.2) is 29.6 Å². The van der Waals surface area contributed by atoms with Crippen molar-refractivity contribution in [3.8, 4) is 0 Å². The fourth-order valence-corrected chi connectivity index (χ4v) is 5.37. The molecule has 0 spiro atoms. The van der Waals surface area contributed by atoms with Gasteiger partial charge in [-0.15, -0.1) is 11.3 Å². The molecule has 25 heavy (non-hydrogen) atoms. The van der Waals surface area contributed by atoms with Crippen LogP contribution in [0.1, 0.15) is 22.4 Å². The average Bonchev–Trinajstić information content (AvgIpc) is 3.18. The van der Waals surface area contributed by atoms with Gasteiger partial charge in [0.05, 0.1) is 5.75 Å². The highest BCUT2D eigenvalue weighted by Crippen LogP contribution is 2.40. The molecule has 2 heterocycles. The molecular formula is C18H16ClN3OS2. The SMILES string of the molecule is Cc1c(Cl)cccc1NC(=O)CSc1ncnc2sc3c(c12)CCC3. The quantitative estimate of drug-likeness (QED) is 0.510. The molecule has 1 aliphatic carbocycles. The summed E-state index contributed by atoms with van der Waals surface area (Å²) in [6, 6.07) is 5.51. The number of aromatic nitrogens is 2. The number of carbonyl (C=O) groups excluding carboxylic acids is 1. The van der Waals surface area contributed by atoms with Crippen molar-refractivity contribution >= 4 is 56.5 Å². The first-order chi connectivity index (χ1) is 12.1. The summed E-state index contributed by atoms with van der Waals surface area (Å²) in [5, 5.41) is 5.64. The van der Waals surface area contributed by atoms with E-state index in [2.05, 4.69) is 15.3 Å². The van der Waals surface area contributed by atoms with Crippen LogP contribution in [0.25, 0.3) is 10.2 Å². The van der Waals surface area contributed by atoms with Gasteiger partial charge < -0.3 is 5.32 Å². The molecule has 7 heteroatoms. The van der Waals surface area contributed by atoms with Crippen LogP contribution in [0.3, 0.4) is 0 Å². The number of hydrogen-bond donors (Lipinski definition) is 1. The van der Waals surface area contributed by atoms with Crippen molar-refractivity contribution in [2.24, 2.45) is 0 Å². The van der Waals surface area contributed by atoms with E-state index in [0.717, 1.165) is 39.3 Å². The first-order valence-corrected chi connectivity index (χ1v) is 10.2. The van der Waals surface area contributed by atoms with Crippen LogP contribution >= 0.6 is 34.7 Å². The summed E-state index contributed by atoms with van der Waals surface area (Å²) in [5.74, 6) is 0.247. The molecule has 128 valence electrons. The number of nitrogens with zero attached hydrogens (tertiary/aromatic N) is 2. The number of hydrogen-bond acceptors (Lipinski definition) is 5. The van der Waals surface area contributed by atoms with Crippen LogP contribution in [-0.4, -0.2) is 21.6 Å². The lowest BCUT2D eigenvalue weighted by molar-refractivity contribution is -0.113. The van der Waals surface area contributed by atoms with Crippen LogP contribution < -0.4 is 5.32 Å². The summed E-state index contributed by atoms with van der Waals surface area (Å²) < 4.78 is 0. The predicted molar refractivity (Wildman–Crippen MR) is 105 cm³/mol. The Hall–Kier alpha value is -1.63. The summed E-state index contributed by atoms with van der Waals surface area (Å²) in [6.07, 6.45) is 5.01. The monoisotopic (exact) mass is 389 g/mol. The van der Waals surface area contributed by atoms with E-state index in [-0.39, 0.29) is 5.91 Å². The molecule has 4 rings (SSSR count). The van der Waals surface area contributed by atoms with Gasteiger partial charge in [-0.1, -0.05) is 29.4 Å². The van der Waals surface area contributed by atoms with Crippen molar-refractivity contribution in [1.82, 2.24) is 9.97 Å². The molecule has 0 unspecified atom stereocenters. The standard InChI is InChI=1S/C18H16ClN3OS2/c1-10-12(19)5-3-6-13(10)22-15(23)8-24-17-16-11-4-2-7-14(11)25-18(16)21-9-20-17/h3,5-6,9H,2,4,7-8H2,1H3,(H,22,23). The van der Waals surface area contributed by atoms with Gasteiger partial charge in [-0.05, 0) is 49.4 Å². The molecule has 4 nitrogen and oxygen atoms in total. The number of anilines is 1. The van der Waals surface area contributed by atoms with E-state index >= 15 is 0 Å². The fourth-order valence-electron chi connectivity index (χ4n) is 3.07. The molecule has 0 saturated heterocycles. The van der Waals surface area contributed by atoms with Crippen LogP contribution in [0.4, 0.5) is 5.69 Å². The number of nitrogens with one attached hydrogen (secondary N) is 1. The van der Waals surface area contributed by atoms with Crippen molar-refractivity contribution in [3.63, 3.8) is 0 Å². The zero-order valence-corrected chi connectivity index (χ0v) is 16.0. The molecule has 0 saturated carbocycles. The Morgan fingerprint density at radius 2 is 2.24 bits per heavy atom. The zero-order valence-electron chi connectivity index (χ0n) is 13.6. The van der Waals surface area contributed by atoms with E-state index in [1.165, 1.54) is 28.6 Å². The van der Waals surface area contributed by atoms with Crippen LogP contribution in [0.5, 0.6) is 0 Å². The van der Waals surface area contributed by atoms with Gasteiger partial charge in [0.25, 0.3) is 0 Å². The highest BCUT2D eigenvalue weighted by Gasteiger charge is 2.21. The third-order valence-electron chi connectivity index (χ3n) is 4.35. The van der Waals surface area contributed by atoms with Crippen molar-refractivity contribution < 1.29 is 4.79 Å². The summed E-state index contributed by atoms with van der Waals surface area (Å²) in [7, 11) is 0. The van der Waals surface area contributed by atoms with Crippen molar-refractivity contribution in [1.29, 1.82) is 0 Å². The second kappa shape index (κ2) is 6.94. The van der Waals surface area contributed by atoms with Gasteiger partial charge in [0, 0.05) is 21.0 Å². The van der Waals surface area contributed by atoms with E-state index < -0.39 is 0 Å². The summed E-state index contributed by atoms with van der Waals surface area (Å²) in [5.41, 5.74) is 3.01. The Balaban J connectivity index is 1.51. The first-order valence-electron chi connectivity index (χ1n) is 8.06. The van der Waals surface area contributed by atoms with Gasteiger partial charge in [-0.2, -0.15) is 0 Å². The number of thioether (sulfide) groups is 1. The van der Waals surface area contributed by atoms with Crippen LogP contribution in [0.2, 0.25) is 5.02 Å². The van der Waals surface area contributed by atoms with E-state index in [1.54, 1.807) is 17.7 Å². The van der Waals surface area contributed by atoms with Gasteiger partial charge in [-0.3, -0.25) is 4.79 Å². The highest BCUT2D eigenvalue weighted by molar-refractivity contribution is 8.00. The Morgan fingerprint density at radius 3 is 3.12 bits per heavy atom. The summed E-state index contributed by atoms with van der Waals surface area (Å²) in [6.45, 7) is 1.90. The first kappa shape index (κ1) is 16.8. The third kappa shape index (κ3) is 3.26. The number of halogens is 1. The van der Waals surface area contributed by atoms with Crippen LogP contribution in [0, 0.1) is 6.92 Å². The summed E-state index contributed by atoms with van der Waals surface area (Å²) in [4.78, 5) is 23.6. The Labute approximate surface area is 159 Å². The second-order valence-corrected chi connectivity index (χ2v) is 8.42. The van der Waals surface area contributed by atoms with E-state index in [9.17, 15) is 4.79 Å². The maximum Gasteiger partial charge on any atom is 0.234 e. The summed E-state index contributed by atoms with van der Waals surface area (Å²) >= 11 is 9.33. The Kier molecular flexibility index (Phi) is 4.67. The lowest BCUT2D eigenvalue weighted by Crippen LogP contribution is -2.15. The minimum absolute atomic E-state index is 0.0611. The largest absolute Gasteiger partial charge is 0.325 e. The third-order valence-corrected chi connectivity index (χ3v) is 6.95. The number of carbonyl (C=O) groups is 1. The van der Waals surface area contributed by atoms with Gasteiger partial charge in [0.15, 0.2) is 0 Å². The predicted octanol–water partition coefficient (Wildman–Crippen LogP) is 4.87. The topological polar surface area (TPSA) is 54.9 Å². The van der Waals surface area contributed by atoms with Gasteiger partial charge in [0.1, 0.15) is 16.2 Å². The number of benzene rings is 1. The number of amides is 1. The molecule has 3 aromatic rings. The molecule has 1 aliphatic rings. The van der Waals surface area contributed by atoms with Crippen LogP contribution in [-0.2, 0) is 17.6 Å². The Bertz CT molecular complexity index is 970. The minimum Gasteiger partial charge on any atom is -0.325 e. The molecule has 0 bridgehead atoms. The smallest absolute Gasteiger partial charge is 0.234 e. The normalized spacial score (nSPS) is 13.2. The molecule has 2 aromatic heterocycles. The lowest BCUT2D eigenvalue weighted by Gasteiger charge is -2.09. The maximum atomic E-state index is 12.3. The Morgan fingerprint density at radius 1 is 1.36 bits per heavy atom. The fraction of sp³-hybridized carbons (Fsp3) is 0.278. The van der Waals surface area contributed by atoms with E-state index in [4.69, 9.17) is 11.6 Å². The second-order valence-electron chi connectivity index (χ2n) is 5.97. The van der Waals surface area contributed by atoms with E-state index in [1.807, 2.05) is 25.1 Å². The molecular weight excluding hydrogens is 374 g/mol.